The molecule has 3 heteroatoms. The van der Waals surface area contributed by atoms with Crippen molar-refractivity contribution in [2.75, 3.05) is 0 Å². The monoisotopic (exact) mass is 148 g/mol. The van der Waals surface area contributed by atoms with Crippen molar-refractivity contribution >= 4 is 5.97 Å². The molecule has 0 spiro atoms. The summed E-state index contributed by atoms with van der Waals surface area (Å²) in [5.41, 5.74) is 0. The summed E-state index contributed by atoms with van der Waals surface area (Å²) in [7, 11) is 0. The number of carbonyl (C=O) groups is 1. The molecule has 0 aromatic rings. The molecule has 0 aliphatic rings. The number of ether oxygens (including phenoxy) is 1. The summed E-state index contributed by atoms with van der Waals surface area (Å²) >= 11 is 0. The zero-order chi connectivity index (χ0) is 8.15. The van der Waals surface area contributed by atoms with Crippen LogP contribution in [-0.2, 0) is 9.53 Å². The van der Waals surface area contributed by atoms with Crippen LogP contribution < -0.4 is 0 Å². The van der Waals surface area contributed by atoms with Crippen LogP contribution in [0.5, 0.6) is 0 Å². The summed E-state index contributed by atoms with van der Waals surface area (Å²) in [6, 6.07) is 0. The summed E-state index contributed by atoms with van der Waals surface area (Å²) in [5, 5.41) is 0. The normalized spacial score (nSPS) is 16.0. The summed E-state index contributed by atoms with van der Waals surface area (Å²) < 4.78 is 16.3. The van der Waals surface area contributed by atoms with Crippen molar-refractivity contribution in [2.45, 2.75) is 33.5 Å². The highest BCUT2D eigenvalue weighted by Crippen LogP contribution is 2.05. The topological polar surface area (TPSA) is 26.3 Å². The van der Waals surface area contributed by atoms with Gasteiger partial charge in [0.05, 0.1) is 5.92 Å². The summed E-state index contributed by atoms with van der Waals surface area (Å²) in [6.07, 6.45) is -0.799. The maximum Gasteiger partial charge on any atom is 0.311 e. The molecule has 0 heterocycles. The van der Waals surface area contributed by atoms with Gasteiger partial charge in [0, 0.05) is 6.92 Å². The largest absolute Gasteiger partial charge is 0.431 e. The minimum atomic E-state index is -1.48. The molecule has 2 unspecified atom stereocenters. The Labute approximate surface area is 60.4 Å². The molecule has 0 aromatic carbocycles. The zero-order valence-electron chi connectivity index (χ0n) is 6.56. The Morgan fingerprint density at radius 3 is 2.40 bits per heavy atom. The summed E-state index contributed by atoms with van der Waals surface area (Å²) in [6.45, 7) is 4.76. The van der Waals surface area contributed by atoms with E-state index >= 15 is 0 Å². The minimum absolute atomic E-state index is 0.196. The Morgan fingerprint density at radius 1 is 1.60 bits per heavy atom. The van der Waals surface area contributed by atoms with Crippen LogP contribution in [0.2, 0.25) is 0 Å². The van der Waals surface area contributed by atoms with E-state index in [9.17, 15) is 9.18 Å². The van der Waals surface area contributed by atoms with Gasteiger partial charge in [-0.05, 0) is 6.42 Å². The second-order valence-electron chi connectivity index (χ2n) is 2.29. The van der Waals surface area contributed by atoms with Crippen LogP contribution in [0.1, 0.15) is 27.2 Å². The van der Waals surface area contributed by atoms with Gasteiger partial charge in [0.1, 0.15) is 0 Å². The van der Waals surface area contributed by atoms with E-state index in [0.717, 1.165) is 0 Å². The number of esters is 1. The van der Waals surface area contributed by atoms with Crippen molar-refractivity contribution in [1.29, 1.82) is 0 Å². The number of hydrogen-bond donors (Lipinski definition) is 0. The highest BCUT2D eigenvalue weighted by atomic mass is 19.1. The van der Waals surface area contributed by atoms with E-state index in [1.54, 1.807) is 6.92 Å². The molecular formula is C7H13FO2. The van der Waals surface area contributed by atoms with Gasteiger partial charge in [-0.3, -0.25) is 4.79 Å². The first-order valence-electron chi connectivity index (χ1n) is 3.42. The van der Waals surface area contributed by atoms with Gasteiger partial charge in [-0.1, -0.05) is 13.8 Å². The second kappa shape index (κ2) is 4.25. The fraction of sp³-hybridized carbons (Fsp3) is 0.857. The number of halogens is 1. The second-order valence-corrected chi connectivity index (χ2v) is 2.29. The fourth-order valence-corrected chi connectivity index (χ4v) is 0.443. The Balaban J connectivity index is 3.62. The van der Waals surface area contributed by atoms with Gasteiger partial charge in [0.25, 0.3) is 0 Å². The van der Waals surface area contributed by atoms with E-state index in [1.807, 2.05) is 6.92 Å². The molecule has 0 N–H and O–H groups in total. The lowest BCUT2D eigenvalue weighted by molar-refractivity contribution is -0.160. The minimum Gasteiger partial charge on any atom is -0.431 e. The van der Waals surface area contributed by atoms with Crippen LogP contribution in [0.4, 0.5) is 4.39 Å². The molecular weight excluding hydrogens is 135 g/mol. The average molecular weight is 148 g/mol. The molecule has 2 atom stereocenters. The van der Waals surface area contributed by atoms with Crippen LogP contribution in [0.15, 0.2) is 0 Å². The highest BCUT2D eigenvalue weighted by Gasteiger charge is 2.13. The van der Waals surface area contributed by atoms with Gasteiger partial charge in [0.2, 0.25) is 6.36 Å². The van der Waals surface area contributed by atoms with Crippen molar-refractivity contribution in [1.82, 2.24) is 0 Å². The Morgan fingerprint density at radius 2 is 2.10 bits per heavy atom. The standard InChI is InChI=1S/C7H13FO2/c1-4-5(2)7(9)10-6(3)8/h5-6H,4H2,1-3H3. The predicted molar refractivity (Wildman–Crippen MR) is 36.1 cm³/mol. The van der Waals surface area contributed by atoms with E-state index in [4.69, 9.17) is 0 Å². The first-order valence-corrected chi connectivity index (χ1v) is 3.42. The molecule has 0 fully saturated rings. The highest BCUT2D eigenvalue weighted by molar-refractivity contribution is 5.71. The molecule has 10 heavy (non-hydrogen) atoms. The summed E-state index contributed by atoms with van der Waals surface area (Å²) in [4.78, 5) is 10.7. The van der Waals surface area contributed by atoms with Gasteiger partial charge in [-0.15, -0.1) is 0 Å². The molecule has 2 nitrogen and oxygen atoms in total. The number of alkyl halides is 1. The van der Waals surface area contributed by atoms with Crippen LogP contribution >= 0.6 is 0 Å². The van der Waals surface area contributed by atoms with Crippen molar-refractivity contribution < 1.29 is 13.9 Å². The van der Waals surface area contributed by atoms with Gasteiger partial charge >= 0.3 is 5.97 Å². The lowest BCUT2D eigenvalue weighted by atomic mass is 10.1. The molecule has 0 amide bonds. The van der Waals surface area contributed by atoms with E-state index in [0.29, 0.717) is 6.42 Å². The number of hydrogen-bond acceptors (Lipinski definition) is 2. The maximum atomic E-state index is 12.0. The molecule has 0 aromatic heterocycles. The summed E-state index contributed by atoms with van der Waals surface area (Å²) in [5.74, 6) is -0.657. The van der Waals surface area contributed by atoms with Crippen molar-refractivity contribution in [3.8, 4) is 0 Å². The number of carbonyl (C=O) groups excluding carboxylic acids is 1. The quantitative estimate of drug-likeness (QED) is 0.571. The van der Waals surface area contributed by atoms with Crippen molar-refractivity contribution in [2.24, 2.45) is 5.92 Å². The third-order valence-electron chi connectivity index (χ3n) is 1.29. The Hall–Kier alpha value is -0.600. The van der Waals surface area contributed by atoms with Crippen molar-refractivity contribution in [3.63, 3.8) is 0 Å². The fourth-order valence-electron chi connectivity index (χ4n) is 0.443. The van der Waals surface area contributed by atoms with Crippen LogP contribution in [0.25, 0.3) is 0 Å². The van der Waals surface area contributed by atoms with E-state index < -0.39 is 12.3 Å². The third kappa shape index (κ3) is 3.43. The molecule has 0 bridgehead atoms. The van der Waals surface area contributed by atoms with Gasteiger partial charge in [0.15, 0.2) is 0 Å². The smallest absolute Gasteiger partial charge is 0.311 e. The first-order chi connectivity index (χ1) is 4.57. The zero-order valence-corrected chi connectivity index (χ0v) is 6.56. The van der Waals surface area contributed by atoms with Crippen LogP contribution in [0.3, 0.4) is 0 Å². The van der Waals surface area contributed by atoms with Crippen LogP contribution in [0, 0.1) is 5.92 Å². The number of rotatable bonds is 3. The maximum absolute atomic E-state index is 12.0. The molecule has 0 saturated carbocycles. The average Bonchev–Trinajstić information content (AvgIpc) is 1.85. The Kier molecular flexibility index (Phi) is 4.00. The van der Waals surface area contributed by atoms with E-state index in [-0.39, 0.29) is 5.92 Å². The lowest BCUT2D eigenvalue weighted by Gasteiger charge is -2.08. The molecule has 0 saturated heterocycles. The van der Waals surface area contributed by atoms with E-state index in [2.05, 4.69) is 4.74 Å². The van der Waals surface area contributed by atoms with E-state index in [1.165, 1.54) is 6.92 Å². The predicted octanol–water partition coefficient (Wildman–Crippen LogP) is 1.89. The molecule has 0 aliphatic carbocycles. The molecule has 0 rings (SSSR count). The lowest BCUT2D eigenvalue weighted by Crippen LogP contribution is -2.17. The van der Waals surface area contributed by atoms with Gasteiger partial charge < -0.3 is 4.74 Å². The SMILES string of the molecule is CCC(C)C(=O)OC(C)F. The third-order valence-corrected chi connectivity index (χ3v) is 1.29. The van der Waals surface area contributed by atoms with Crippen LogP contribution in [-0.4, -0.2) is 12.3 Å². The molecule has 60 valence electrons. The van der Waals surface area contributed by atoms with Crippen molar-refractivity contribution in [3.05, 3.63) is 0 Å². The first kappa shape index (κ1) is 9.40. The van der Waals surface area contributed by atoms with Gasteiger partial charge in [-0.2, -0.15) is 0 Å². The Bertz CT molecular complexity index is 112. The molecule has 0 radical (unpaired) electrons. The molecule has 0 aliphatic heterocycles. The van der Waals surface area contributed by atoms with Gasteiger partial charge in [-0.25, -0.2) is 4.39 Å².